The van der Waals surface area contributed by atoms with Crippen molar-refractivity contribution in [2.75, 3.05) is 0 Å². The number of halogens is 1. The molecule has 4 nitrogen and oxygen atoms in total. The Morgan fingerprint density at radius 2 is 1.76 bits per heavy atom. The number of hydrogen-bond donors (Lipinski definition) is 0. The monoisotopic (exact) mass is 308 g/mol. The number of hydrogen-bond acceptors (Lipinski definition) is 4. The second-order valence-corrected chi connectivity index (χ2v) is 5.95. The third kappa shape index (κ3) is 3.74. The number of carbonyl (C=O) groups is 1. The van der Waals surface area contributed by atoms with Gasteiger partial charge in [0.2, 0.25) is 0 Å². The molecule has 0 saturated heterocycles. The van der Waals surface area contributed by atoms with E-state index in [9.17, 15) is 17.6 Å². The molecule has 0 aromatic heterocycles. The van der Waals surface area contributed by atoms with Gasteiger partial charge >= 0.3 is 0 Å². The second-order valence-electron chi connectivity index (χ2n) is 4.38. The minimum absolute atomic E-state index is 0.0381. The van der Waals surface area contributed by atoms with Crippen LogP contribution in [0.25, 0.3) is 0 Å². The fraction of sp³-hybridized carbons (Fsp3) is 0.133. The molecule has 0 fully saturated rings. The third-order valence-electron chi connectivity index (χ3n) is 2.78. The van der Waals surface area contributed by atoms with Crippen molar-refractivity contribution >= 4 is 15.9 Å². The zero-order valence-electron chi connectivity index (χ0n) is 11.2. The maximum Gasteiger partial charge on any atom is 0.297 e. The van der Waals surface area contributed by atoms with Crippen molar-refractivity contribution in [3.8, 4) is 0 Å². The van der Waals surface area contributed by atoms with Gasteiger partial charge in [-0.25, -0.2) is 4.39 Å². The van der Waals surface area contributed by atoms with Crippen molar-refractivity contribution in [2.24, 2.45) is 0 Å². The van der Waals surface area contributed by atoms with Gasteiger partial charge in [0.25, 0.3) is 10.1 Å². The maximum atomic E-state index is 13.1. The van der Waals surface area contributed by atoms with Crippen molar-refractivity contribution in [1.82, 2.24) is 0 Å². The predicted octanol–water partition coefficient (Wildman–Crippen LogP) is 2.80. The molecule has 0 spiro atoms. The first-order valence-corrected chi connectivity index (χ1v) is 7.59. The third-order valence-corrected chi connectivity index (χ3v) is 4.17. The molecule has 6 heteroatoms. The summed E-state index contributed by atoms with van der Waals surface area (Å²) in [6.07, 6.45) is -1.24. The van der Waals surface area contributed by atoms with Crippen molar-refractivity contribution < 1.29 is 21.8 Å². The molecule has 0 radical (unpaired) electrons. The number of carbonyl (C=O) groups excluding carboxylic acids is 1. The van der Waals surface area contributed by atoms with E-state index < -0.39 is 27.8 Å². The van der Waals surface area contributed by atoms with Gasteiger partial charge in [0.1, 0.15) is 11.9 Å². The Balaban J connectivity index is 2.18. The van der Waals surface area contributed by atoms with Gasteiger partial charge in [0.05, 0.1) is 4.90 Å². The van der Waals surface area contributed by atoms with Crippen molar-refractivity contribution in [3.05, 3.63) is 66.0 Å². The largest absolute Gasteiger partial charge is 0.297 e. The minimum Gasteiger partial charge on any atom is -0.291 e. The van der Waals surface area contributed by atoms with Crippen LogP contribution >= 0.6 is 0 Å². The summed E-state index contributed by atoms with van der Waals surface area (Å²) in [5.74, 6) is -1.17. The van der Waals surface area contributed by atoms with Crippen LogP contribution in [0.4, 0.5) is 4.39 Å². The van der Waals surface area contributed by atoms with Crippen LogP contribution in [-0.4, -0.2) is 20.3 Å². The lowest BCUT2D eigenvalue weighted by molar-refractivity contribution is 0.0825. The lowest BCUT2D eigenvalue weighted by atomic mass is 10.1. The summed E-state index contributed by atoms with van der Waals surface area (Å²) in [6.45, 7) is 1.31. The molecule has 0 aliphatic heterocycles. The number of Topliss-reactive ketones (excluding diaryl/α,β-unsaturated/α-hetero) is 1. The maximum absolute atomic E-state index is 13.1. The van der Waals surface area contributed by atoms with Crippen LogP contribution in [0.15, 0.2) is 59.5 Å². The van der Waals surface area contributed by atoms with Gasteiger partial charge in [-0.15, -0.1) is 0 Å². The minimum atomic E-state index is -4.04. The molecular formula is C15H13FO4S. The highest BCUT2D eigenvalue weighted by Gasteiger charge is 2.24. The summed E-state index contributed by atoms with van der Waals surface area (Å²) in [6, 6.07) is 12.5. The fourth-order valence-corrected chi connectivity index (χ4v) is 2.82. The topological polar surface area (TPSA) is 60.4 Å². The lowest BCUT2D eigenvalue weighted by Crippen LogP contribution is -2.24. The van der Waals surface area contributed by atoms with Gasteiger partial charge in [-0.05, 0) is 31.2 Å². The van der Waals surface area contributed by atoms with E-state index >= 15 is 0 Å². The summed E-state index contributed by atoms with van der Waals surface area (Å²) < 4.78 is 42.0. The van der Waals surface area contributed by atoms with Crippen LogP contribution < -0.4 is 0 Å². The lowest BCUT2D eigenvalue weighted by Gasteiger charge is -2.12. The Kier molecular flexibility index (Phi) is 4.50. The Morgan fingerprint density at radius 1 is 1.10 bits per heavy atom. The molecule has 0 N–H and O–H groups in total. The second kappa shape index (κ2) is 6.15. The van der Waals surface area contributed by atoms with E-state index in [0.717, 1.165) is 6.07 Å². The summed E-state index contributed by atoms with van der Waals surface area (Å²) in [7, 11) is -4.04. The van der Waals surface area contributed by atoms with Crippen LogP contribution in [0.3, 0.4) is 0 Å². The van der Waals surface area contributed by atoms with Crippen LogP contribution in [0.2, 0.25) is 0 Å². The van der Waals surface area contributed by atoms with Crippen molar-refractivity contribution in [2.45, 2.75) is 17.9 Å². The van der Waals surface area contributed by atoms with Gasteiger partial charge in [0, 0.05) is 5.56 Å². The van der Waals surface area contributed by atoms with E-state index in [-0.39, 0.29) is 10.5 Å². The van der Waals surface area contributed by atoms with Crippen LogP contribution in [-0.2, 0) is 14.3 Å². The Morgan fingerprint density at radius 3 is 2.38 bits per heavy atom. The number of rotatable bonds is 5. The highest BCUT2D eigenvalue weighted by Crippen LogP contribution is 2.16. The average molecular weight is 308 g/mol. The van der Waals surface area contributed by atoms with Crippen LogP contribution in [0, 0.1) is 5.82 Å². The molecule has 0 saturated carbocycles. The van der Waals surface area contributed by atoms with Gasteiger partial charge in [-0.2, -0.15) is 8.42 Å². The molecule has 0 aliphatic carbocycles. The molecule has 21 heavy (non-hydrogen) atoms. The molecule has 2 aromatic rings. The van der Waals surface area contributed by atoms with E-state index in [4.69, 9.17) is 4.18 Å². The van der Waals surface area contributed by atoms with Crippen LogP contribution in [0.5, 0.6) is 0 Å². The van der Waals surface area contributed by atoms with Gasteiger partial charge in [-0.1, -0.05) is 30.3 Å². The quantitative estimate of drug-likeness (QED) is 0.629. The molecule has 0 unspecified atom stereocenters. The van der Waals surface area contributed by atoms with E-state index in [1.807, 2.05) is 0 Å². The smallest absolute Gasteiger partial charge is 0.291 e. The standard InChI is InChI=1S/C15H13FO4S/c1-11(15(17)12-6-5-7-13(16)10-12)20-21(18,19)14-8-3-2-4-9-14/h2-11H,1H3/t11-/m1/s1. The first kappa shape index (κ1) is 15.3. The van der Waals surface area contributed by atoms with Crippen LogP contribution in [0.1, 0.15) is 17.3 Å². The normalized spacial score (nSPS) is 12.9. The number of benzene rings is 2. The fourth-order valence-electron chi connectivity index (χ4n) is 1.75. The Bertz CT molecular complexity index is 741. The molecule has 0 bridgehead atoms. The summed E-state index contributed by atoms with van der Waals surface area (Å²) in [5, 5.41) is 0. The average Bonchev–Trinajstić information content (AvgIpc) is 2.47. The highest BCUT2D eigenvalue weighted by molar-refractivity contribution is 7.86. The molecule has 0 aliphatic rings. The van der Waals surface area contributed by atoms with Gasteiger partial charge in [0.15, 0.2) is 5.78 Å². The van der Waals surface area contributed by atoms with E-state index in [1.54, 1.807) is 18.2 Å². The van der Waals surface area contributed by atoms with Gasteiger partial charge in [-0.3, -0.25) is 8.98 Å². The zero-order valence-corrected chi connectivity index (χ0v) is 12.0. The first-order valence-electron chi connectivity index (χ1n) is 6.18. The molecule has 2 rings (SSSR count). The van der Waals surface area contributed by atoms with Crippen molar-refractivity contribution in [1.29, 1.82) is 0 Å². The SMILES string of the molecule is C[C@@H](OS(=O)(=O)c1ccccc1)C(=O)c1cccc(F)c1. The van der Waals surface area contributed by atoms with E-state index in [2.05, 4.69) is 0 Å². The molecule has 2 aromatic carbocycles. The van der Waals surface area contributed by atoms with Gasteiger partial charge < -0.3 is 0 Å². The first-order chi connectivity index (χ1) is 9.90. The summed E-state index contributed by atoms with van der Waals surface area (Å²) >= 11 is 0. The molecule has 110 valence electrons. The molecule has 0 heterocycles. The Hall–Kier alpha value is -2.05. The molecule has 0 amide bonds. The highest BCUT2D eigenvalue weighted by atomic mass is 32.2. The van der Waals surface area contributed by atoms with E-state index in [1.165, 1.54) is 37.3 Å². The zero-order chi connectivity index (χ0) is 15.5. The predicted molar refractivity (Wildman–Crippen MR) is 74.9 cm³/mol. The Labute approximate surface area is 122 Å². The van der Waals surface area contributed by atoms with E-state index in [0.29, 0.717) is 0 Å². The molecular weight excluding hydrogens is 295 g/mol. The number of ketones is 1. The summed E-state index contributed by atoms with van der Waals surface area (Å²) in [4.78, 5) is 12.0. The van der Waals surface area contributed by atoms with Crippen molar-refractivity contribution in [3.63, 3.8) is 0 Å². The summed E-state index contributed by atoms with van der Waals surface area (Å²) in [5.41, 5.74) is 0.0609. The molecule has 1 atom stereocenters.